The van der Waals surface area contributed by atoms with E-state index in [0.29, 0.717) is 21.2 Å². The van der Waals surface area contributed by atoms with Crippen molar-refractivity contribution in [3.8, 4) is 5.75 Å². The van der Waals surface area contributed by atoms with Crippen LogP contribution in [0.5, 0.6) is 5.75 Å². The average Bonchev–Trinajstić information content (AvgIpc) is 2.63. The minimum atomic E-state index is -0.224. The Balaban J connectivity index is 2.02. The van der Waals surface area contributed by atoms with Gasteiger partial charge in [0.15, 0.2) is 0 Å². The molecule has 6 heteroatoms. The maximum Gasteiger partial charge on any atom is 0.207 e. The summed E-state index contributed by atoms with van der Waals surface area (Å²) in [6, 6.07) is 15.0. The van der Waals surface area contributed by atoms with E-state index >= 15 is 0 Å². The first-order valence-corrected chi connectivity index (χ1v) is 9.78. The number of hydrogen-bond acceptors (Lipinski definition) is 3. The van der Waals surface area contributed by atoms with Gasteiger partial charge in [-0.25, -0.2) is 0 Å². The van der Waals surface area contributed by atoms with Gasteiger partial charge in [0.1, 0.15) is 21.6 Å². The van der Waals surface area contributed by atoms with Crippen LogP contribution >= 0.6 is 47.8 Å². The van der Waals surface area contributed by atoms with Gasteiger partial charge in [0.2, 0.25) is 5.43 Å². The van der Waals surface area contributed by atoms with E-state index in [4.69, 9.17) is 9.15 Å². The molecule has 0 unspecified atom stereocenters. The molecule has 0 aliphatic heterocycles. The lowest BCUT2D eigenvalue weighted by Crippen LogP contribution is -2.09. The number of halogens is 3. The molecule has 1 aromatic heterocycles. The summed E-state index contributed by atoms with van der Waals surface area (Å²) in [6.45, 7) is 0. The number of fused-ring (bicyclic) bond motifs is 1. The fraction of sp³-hybridized carbons (Fsp3) is 0.167. The molecule has 3 rings (SSSR count). The molecule has 0 aliphatic rings. The van der Waals surface area contributed by atoms with Crippen LogP contribution < -0.4 is 10.2 Å². The molecule has 0 saturated heterocycles. The van der Waals surface area contributed by atoms with E-state index < -0.39 is 0 Å². The summed E-state index contributed by atoms with van der Waals surface area (Å²) in [5.41, 5.74) is 1.53. The minimum Gasteiger partial charge on any atom is -0.497 e. The quantitative estimate of drug-likeness (QED) is 0.391. The van der Waals surface area contributed by atoms with Crippen molar-refractivity contribution in [3.05, 3.63) is 74.6 Å². The highest BCUT2D eigenvalue weighted by Crippen LogP contribution is 2.44. The van der Waals surface area contributed by atoms with Crippen molar-refractivity contribution in [1.82, 2.24) is 0 Å². The standard InChI is InChI=1S/C18H13Br3O3/c1-23-11-8-6-10(7-9-11)14(19)15(20)18-16(21)17(22)12-4-2-3-5-13(12)24-18/h2-9,14-15H,1H3/t14-,15-/m1/s1. The average molecular weight is 517 g/mol. The molecule has 24 heavy (non-hydrogen) atoms. The van der Waals surface area contributed by atoms with Crippen molar-refractivity contribution in [3.63, 3.8) is 0 Å². The number of benzene rings is 2. The van der Waals surface area contributed by atoms with Gasteiger partial charge in [0, 0.05) is 0 Å². The number of ether oxygens (including phenoxy) is 1. The van der Waals surface area contributed by atoms with E-state index in [1.807, 2.05) is 36.4 Å². The first-order chi connectivity index (χ1) is 11.5. The van der Waals surface area contributed by atoms with Crippen molar-refractivity contribution in [2.45, 2.75) is 9.65 Å². The fourth-order valence-electron chi connectivity index (χ4n) is 2.40. The van der Waals surface area contributed by atoms with Gasteiger partial charge >= 0.3 is 0 Å². The number of rotatable bonds is 4. The lowest BCUT2D eigenvalue weighted by Gasteiger charge is -2.18. The van der Waals surface area contributed by atoms with Gasteiger partial charge in [-0.2, -0.15) is 0 Å². The monoisotopic (exact) mass is 514 g/mol. The van der Waals surface area contributed by atoms with Crippen LogP contribution in [0.4, 0.5) is 0 Å². The van der Waals surface area contributed by atoms with Crippen LogP contribution in [0, 0.1) is 0 Å². The molecular weight excluding hydrogens is 504 g/mol. The van der Waals surface area contributed by atoms with Crippen molar-refractivity contribution < 1.29 is 9.15 Å². The molecule has 1 heterocycles. The van der Waals surface area contributed by atoms with Gasteiger partial charge in [-0.05, 0) is 45.8 Å². The summed E-state index contributed by atoms with van der Waals surface area (Å²) in [7, 11) is 1.63. The van der Waals surface area contributed by atoms with Crippen LogP contribution in [0.1, 0.15) is 21.0 Å². The Morgan fingerprint density at radius 1 is 1.00 bits per heavy atom. The lowest BCUT2D eigenvalue weighted by molar-refractivity contribution is 0.414. The number of methoxy groups -OCH3 is 1. The largest absolute Gasteiger partial charge is 0.497 e. The highest BCUT2D eigenvalue weighted by molar-refractivity contribution is 9.12. The molecule has 0 aliphatic carbocycles. The number of hydrogen-bond donors (Lipinski definition) is 0. The highest BCUT2D eigenvalue weighted by atomic mass is 79.9. The second-order valence-electron chi connectivity index (χ2n) is 5.18. The Morgan fingerprint density at radius 3 is 2.33 bits per heavy atom. The molecule has 0 amide bonds. The molecule has 0 N–H and O–H groups in total. The van der Waals surface area contributed by atoms with Gasteiger partial charge in [-0.3, -0.25) is 4.79 Å². The summed E-state index contributed by atoms with van der Waals surface area (Å²) >= 11 is 10.7. The molecule has 3 nitrogen and oxygen atoms in total. The van der Waals surface area contributed by atoms with Crippen LogP contribution in [0.2, 0.25) is 0 Å². The first-order valence-electron chi connectivity index (χ1n) is 7.16. The predicted octanol–water partition coefficient (Wildman–Crippen LogP) is 6.14. The summed E-state index contributed by atoms with van der Waals surface area (Å²) in [5, 5.41) is 0.559. The molecule has 0 saturated carbocycles. The van der Waals surface area contributed by atoms with Gasteiger partial charge in [0.05, 0.1) is 22.2 Å². The van der Waals surface area contributed by atoms with Gasteiger partial charge in [-0.1, -0.05) is 56.1 Å². The van der Waals surface area contributed by atoms with Crippen LogP contribution in [-0.2, 0) is 0 Å². The van der Waals surface area contributed by atoms with Gasteiger partial charge < -0.3 is 9.15 Å². The van der Waals surface area contributed by atoms with Gasteiger partial charge in [-0.15, -0.1) is 0 Å². The van der Waals surface area contributed by atoms with Crippen molar-refractivity contribution in [2.75, 3.05) is 7.11 Å². The molecule has 2 aromatic carbocycles. The zero-order valence-corrected chi connectivity index (χ0v) is 17.4. The minimum absolute atomic E-state index is 0.0780. The summed E-state index contributed by atoms with van der Waals surface area (Å²) in [6.07, 6.45) is 0. The van der Waals surface area contributed by atoms with Crippen LogP contribution in [0.3, 0.4) is 0 Å². The predicted molar refractivity (Wildman–Crippen MR) is 107 cm³/mol. The molecule has 124 valence electrons. The van der Waals surface area contributed by atoms with E-state index in [1.54, 1.807) is 19.2 Å². The van der Waals surface area contributed by atoms with Crippen LogP contribution in [-0.4, -0.2) is 7.11 Å². The molecule has 0 spiro atoms. The normalized spacial score (nSPS) is 13.7. The number of alkyl halides is 2. The van der Waals surface area contributed by atoms with E-state index in [-0.39, 0.29) is 15.1 Å². The SMILES string of the molecule is COc1ccc([C@@H](Br)[C@@H](Br)c2oc3ccccc3c(=O)c2Br)cc1. The van der Waals surface area contributed by atoms with Gasteiger partial charge in [0.25, 0.3) is 0 Å². The third-order valence-corrected chi connectivity index (χ3v) is 7.17. The van der Waals surface area contributed by atoms with Crippen molar-refractivity contribution >= 4 is 58.8 Å². The Kier molecular flexibility index (Phi) is 5.47. The topological polar surface area (TPSA) is 39.4 Å². The van der Waals surface area contributed by atoms with Crippen molar-refractivity contribution in [2.24, 2.45) is 0 Å². The van der Waals surface area contributed by atoms with Crippen LogP contribution in [0.15, 0.2) is 62.2 Å². The van der Waals surface area contributed by atoms with E-state index in [1.165, 1.54) is 0 Å². The third kappa shape index (κ3) is 3.32. The zero-order valence-electron chi connectivity index (χ0n) is 12.6. The summed E-state index contributed by atoms with van der Waals surface area (Å²) < 4.78 is 11.6. The van der Waals surface area contributed by atoms with Crippen molar-refractivity contribution in [1.29, 1.82) is 0 Å². The zero-order chi connectivity index (χ0) is 17.3. The molecule has 0 bridgehead atoms. The molecule has 0 radical (unpaired) electrons. The lowest BCUT2D eigenvalue weighted by atomic mass is 10.1. The third-order valence-electron chi connectivity index (χ3n) is 3.71. The number of para-hydroxylation sites is 1. The maximum absolute atomic E-state index is 12.5. The smallest absolute Gasteiger partial charge is 0.207 e. The Labute approximate surface area is 164 Å². The molecule has 0 fully saturated rings. The van der Waals surface area contributed by atoms with E-state index in [0.717, 1.165) is 11.3 Å². The second-order valence-corrected chi connectivity index (χ2v) is 7.95. The Morgan fingerprint density at radius 2 is 1.67 bits per heavy atom. The maximum atomic E-state index is 12.5. The van der Waals surface area contributed by atoms with E-state index in [2.05, 4.69) is 47.8 Å². The second kappa shape index (κ2) is 7.42. The Bertz CT molecular complexity index is 919. The molecule has 3 aromatic rings. The first kappa shape index (κ1) is 17.7. The molecular formula is C18H13Br3O3. The summed E-state index contributed by atoms with van der Waals surface area (Å²) in [5.74, 6) is 1.35. The fourth-order valence-corrected chi connectivity index (χ4v) is 4.42. The van der Waals surface area contributed by atoms with E-state index in [9.17, 15) is 4.79 Å². The Hall–Kier alpha value is -1.11. The molecule has 2 atom stereocenters. The summed E-state index contributed by atoms with van der Waals surface area (Å²) in [4.78, 5) is 12.2. The highest BCUT2D eigenvalue weighted by Gasteiger charge is 2.26. The van der Waals surface area contributed by atoms with Crippen LogP contribution in [0.25, 0.3) is 11.0 Å².